The first-order valence-electron chi connectivity index (χ1n) is 6.26. The van der Waals surface area contributed by atoms with Crippen LogP contribution in [0.1, 0.15) is 25.0 Å². The Kier molecular flexibility index (Phi) is 2.83. The summed E-state index contributed by atoms with van der Waals surface area (Å²) in [4.78, 5) is 10.9. The molecule has 5 heteroatoms. The fraction of sp³-hybridized carbons (Fsp3) is 0.200. The first kappa shape index (κ1) is 13.1. The highest BCUT2D eigenvalue weighted by Gasteiger charge is 2.35. The molecule has 20 heavy (non-hydrogen) atoms. The van der Waals surface area contributed by atoms with Crippen LogP contribution in [-0.4, -0.2) is 4.92 Å². The lowest BCUT2D eigenvalue weighted by atomic mass is 9.74. The van der Waals surface area contributed by atoms with E-state index in [0.717, 1.165) is 21.3 Å². The topological polar surface area (TPSA) is 55.2 Å². The third kappa shape index (κ3) is 1.81. The fourth-order valence-electron chi connectivity index (χ4n) is 2.79. The summed E-state index contributed by atoms with van der Waals surface area (Å²) in [5.41, 5.74) is 3.42. The first-order valence-corrected chi connectivity index (χ1v) is 7.05. The number of benzene rings is 2. The number of fused-ring (bicyclic) bond motifs is 2. The summed E-state index contributed by atoms with van der Waals surface area (Å²) in [6.45, 7) is 4.17. The summed E-state index contributed by atoms with van der Waals surface area (Å²) >= 11 is 3.44. The fourth-order valence-corrected chi connectivity index (χ4v) is 3.15. The van der Waals surface area contributed by atoms with Crippen molar-refractivity contribution in [1.29, 1.82) is 0 Å². The van der Waals surface area contributed by atoms with Crippen LogP contribution in [0, 0.1) is 10.1 Å². The Morgan fingerprint density at radius 1 is 1.20 bits per heavy atom. The molecule has 1 N–H and O–H groups in total. The molecule has 0 spiro atoms. The Balaban J connectivity index is 2.29. The zero-order valence-corrected chi connectivity index (χ0v) is 12.7. The van der Waals surface area contributed by atoms with Crippen molar-refractivity contribution >= 4 is 33.0 Å². The Morgan fingerprint density at radius 2 is 1.95 bits per heavy atom. The average molecular weight is 333 g/mol. The summed E-state index contributed by atoms with van der Waals surface area (Å²) in [6.07, 6.45) is 0. The predicted molar refractivity (Wildman–Crippen MR) is 82.6 cm³/mol. The van der Waals surface area contributed by atoms with E-state index in [2.05, 4.69) is 35.1 Å². The molecule has 0 aromatic heterocycles. The van der Waals surface area contributed by atoms with Crippen molar-refractivity contribution in [3.8, 4) is 0 Å². The van der Waals surface area contributed by atoms with Gasteiger partial charge < -0.3 is 5.32 Å². The van der Waals surface area contributed by atoms with Crippen molar-refractivity contribution in [3.05, 3.63) is 62.1 Å². The SMILES string of the molecule is CC1(C)c2ccc(Br)cc2Nc2c([N+](=O)[O-])cccc21. The number of nitrogens with one attached hydrogen (secondary N) is 1. The monoisotopic (exact) mass is 332 g/mol. The zero-order chi connectivity index (χ0) is 14.5. The first-order chi connectivity index (χ1) is 9.41. The summed E-state index contributed by atoms with van der Waals surface area (Å²) in [5.74, 6) is 0. The van der Waals surface area contributed by atoms with Gasteiger partial charge >= 0.3 is 0 Å². The molecular weight excluding hydrogens is 320 g/mol. The Hall–Kier alpha value is -1.88. The van der Waals surface area contributed by atoms with E-state index in [1.165, 1.54) is 6.07 Å². The lowest BCUT2D eigenvalue weighted by Crippen LogP contribution is -2.26. The van der Waals surface area contributed by atoms with Gasteiger partial charge in [0.05, 0.1) is 4.92 Å². The number of anilines is 2. The van der Waals surface area contributed by atoms with Gasteiger partial charge in [0, 0.05) is 21.6 Å². The van der Waals surface area contributed by atoms with Gasteiger partial charge in [0.15, 0.2) is 0 Å². The Labute approximate surface area is 125 Å². The summed E-state index contributed by atoms with van der Waals surface area (Å²) in [6, 6.07) is 11.2. The van der Waals surface area contributed by atoms with E-state index < -0.39 is 0 Å². The van der Waals surface area contributed by atoms with Crippen LogP contribution in [0.3, 0.4) is 0 Å². The van der Waals surface area contributed by atoms with Crippen molar-refractivity contribution in [3.63, 3.8) is 0 Å². The quantitative estimate of drug-likeness (QED) is 0.606. The minimum Gasteiger partial charge on any atom is -0.349 e. The maximum absolute atomic E-state index is 11.2. The highest BCUT2D eigenvalue weighted by atomic mass is 79.9. The zero-order valence-electron chi connectivity index (χ0n) is 11.1. The molecule has 1 aliphatic heterocycles. The second-order valence-corrected chi connectivity index (χ2v) is 6.31. The van der Waals surface area contributed by atoms with Crippen LogP contribution >= 0.6 is 15.9 Å². The largest absolute Gasteiger partial charge is 0.349 e. The minimum atomic E-state index is -0.342. The molecule has 2 aromatic carbocycles. The van der Waals surface area contributed by atoms with Crippen LogP contribution in [0.15, 0.2) is 40.9 Å². The van der Waals surface area contributed by atoms with Crippen LogP contribution in [0.2, 0.25) is 0 Å². The molecule has 2 aromatic rings. The normalized spacial score (nSPS) is 14.9. The van der Waals surface area contributed by atoms with Gasteiger partial charge in [-0.3, -0.25) is 10.1 Å². The van der Waals surface area contributed by atoms with Crippen molar-refractivity contribution in [2.45, 2.75) is 19.3 Å². The third-order valence-corrected chi connectivity index (χ3v) is 4.32. The van der Waals surface area contributed by atoms with Gasteiger partial charge in [-0.05, 0) is 23.3 Å². The predicted octanol–water partition coefficient (Wildman–Crippen LogP) is 4.74. The molecule has 1 aliphatic rings. The molecule has 0 bridgehead atoms. The average Bonchev–Trinajstić information content (AvgIpc) is 2.37. The highest BCUT2D eigenvalue weighted by Crippen LogP contribution is 2.48. The molecule has 0 saturated carbocycles. The lowest BCUT2D eigenvalue weighted by Gasteiger charge is -2.35. The molecule has 0 radical (unpaired) electrons. The van der Waals surface area contributed by atoms with Crippen LogP contribution in [0.25, 0.3) is 0 Å². The van der Waals surface area contributed by atoms with Gasteiger partial charge in [-0.25, -0.2) is 0 Å². The smallest absolute Gasteiger partial charge is 0.292 e. The van der Waals surface area contributed by atoms with Crippen molar-refractivity contribution in [1.82, 2.24) is 0 Å². The summed E-state index contributed by atoms with van der Waals surface area (Å²) in [5, 5.41) is 14.4. The molecular formula is C15H13BrN2O2. The van der Waals surface area contributed by atoms with E-state index in [-0.39, 0.29) is 16.0 Å². The number of nitrogens with zero attached hydrogens (tertiary/aromatic N) is 1. The number of para-hydroxylation sites is 1. The number of nitro benzene ring substituents is 1. The van der Waals surface area contributed by atoms with E-state index >= 15 is 0 Å². The van der Waals surface area contributed by atoms with E-state index in [1.807, 2.05) is 24.3 Å². The molecule has 0 atom stereocenters. The van der Waals surface area contributed by atoms with Crippen LogP contribution in [0.5, 0.6) is 0 Å². The molecule has 0 unspecified atom stereocenters. The number of rotatable bonds is 1. The van der Waals surface area contributed by atoms with E-state index in [9.17, 15) is 10.1 Å². The van der Waals surface area contributed by atoms with Gasteiger partial charge in [0.1, 0.15) is 5.69 Å². The molecule has 3 rings (SSSR count). The molecule has 1 heterocycles. The number of hydrogen-bond acceptors (Lipinski definition) is 3. The molecule has 0 saturated heterocycles. The van der Waals surface area contributed by atoms with Crippen molar-refractivity contribution in [2.75, 3.05) is 5.32 Å². The maximum atomic E-state index is 11.2. The van der Waals surface area contributed by atoms with E-state index in [1.54, 1.807) is 6.07 Å². The Morgan fingerprint density at radius 3 is 2.65 bits per heavy atom. The minimum absolute atomic E-state index is 0.112. The number of halogens is 1. The maximum Gasteiger partial charge on any atom is 0.292 e. The van der Waals surface area contributed by atoms with Crippen LogP contribution in [-0.2, 0) is 5.41 Å². The van der Waals surface area contributed by atoms with Gasteiger partial charge in [0.25, 0.3) is 5.69 Å². The van der Waals surface area contributed by atoms with Crippen LogP contribution < -0.4 is 5.32 Å². The standard InChI is InChI=1S/C15H13BrN2O2/c1-15(2)10-7-6-9(16)8-12(10)17-14-11(15)4-3-5-13(14)18(19)20/h3-8,17H,1-2H3. The number of hydrogen-bond donors (Lipinski definition) is 1. The van der Waals surface area contributed by atoms with E-state index in [0.29, 0.717) is 5.69 Å². The molecule has 4 nitrogen and oxygen atoms in total. The molecule has 0 aliphatic carbocycles. The van der Waals surface area contributed by atoms with E-state index in [4.69, 9.17) is 0 Å². The summed E-state index contributed by atoms with van der Waals surface area (Å²) in [7, 11) is 0. The van der Waals surface area contributed by atoms with Crippen molar-refractivity contribution < 1.29 is 4.92 Å². The van der Waals surface area contributed by atoms with Crippen molar-refractivity contribution in [2.24, 2.45) is 0 Å². The third-order valence-electron chi connectivity index (χ3n) is 3.83. The second kappa shape index (κ2) is 4.31. The lowest BCUT2D eigenvalue weighted by molar-refractivity contribution is -0.384. The van der Waals surface area contributed by atoms with Gasteiger partial charge in [-0.2, -0.15) is 0 Å². The Bertz CT molecular complexity index is 726. The number of nitro groups is 1. The molecule has 0 amide bonds. The molecule has 0 fully saturated rings. The van der Waals surface area contributed by atoms with Gasteiger partial charge in [0.2, 0.25) is 0 Å². The molecule has 102 valence electrons. The second-order valence-electron chi connectivity index (χ2n) is 5.40. The van der Waals surface area contributed by atoms with Gasteiger partial charge in [-0.1, -0.05) is 48.0 Å². The summed E-state index contributed by atoms with van der Waals surface area (Å²) < 4.78 is 0.946. The highest BCUT2D eigenvalue weighted by molar-refractivity contribution is 9.10. The van der Waals surface area contributed by atoms with Crippen LogP contribution in [0.4, 0.5) is 17.1 Å². The van der Waals surface area contributed by atoms with Gasteiger partial charge in [-0.15, -0.1) is 0 Å².